The highest BCUT2D eigenvalue weighted by Gasteiger charge is 2.34. The Morgan fingerprint density at radius 2 is 1.58 bits per heavy atom. The number of hydrogen-bond donors (Lipinski definition) is 2. The van der Waals surface area contributed by atoms with Gasteiger partial charge in [0.05, 0.1) is 5.75 Å². The lowest BCUT2D eigenvalue weighted by molar-refractivity contribution is -0.138. The van der Waals surface area contributed by atoms with Gasteiger partial charge in [0, 0.05) is 19.0 Å². The molecule has 31 heavy (non-hydrogen) atoms. The van der Waals surface area contributed by atoms with Gasteiger partial charge in [-0.15, -0.1) is 0 Å². The number of fused-ring (bicyclic) bond motifs is 3. The van der Waals surface area contributed by atoms with Crippen molar-refractivity contribution in [1.82, 2.24) is 9.62 Å². The Balaban J connectivity index is 1.42. The molecule has 0 saturated carbocycles. The zero-order valence-corrected chi connectivity index (χ0v) is 17.7. The number of ether oxygens (including phenoxy) is 1. The Bertz CT molecular complexity index is 1050. The first-order valence-electron chi connectivity index (χ1n) is 10.2. The van der Waals surface area contributed by atoms with E-state index in [0.29, 0.717) is 13.1 Å². The van der Waals surface area contributed by atoms with Gasteiger partial charge in [-0.3, -0.25) is 0 Å². The van der Waals surface area contributed by atoms with Gasteiger partial charge in [0.15, 0.2) is 0 Å². The van der Waals surface area contributed by atoms with Gasteiger partial charge in [0.1, 0.15) is 12.6 Å². The first kappa shape index (κ1) is 21.3. The maximum atomic E-state index is 12.4. The van der Waals surface area contributed by atoms with Gasteiger partial charge >= 0.3 is 12.1 Å². The summed E-state index contributed by atoms with van der Waals surface area (Å²) >= 11 is 0. The van der Waals surface area contributed by atoms with Crippen molar-refractivity contribution in [2.45, 2.75) is 24.8 Å². The van der Waals surface area contributed by atoms with Gasteiger partial charge in [-0.25, -0.2) is 22.3 Å². The Kier molecular flexibility index (Phi) is 5.97. The maximum Gasteiger partial charge on any atom is 0.407 e. The molecule has 2 aliphatic rings. The molecule has 1 aliphatic heterocycles. The molecule has 2 aromatic carbocycles. The van der Waals surface area contributed by atoms with E-state index in [4.69, 9.17) is 4.74 Å². The van der Waals surface area contributed by atoms with Crippen LogP contribution >= 0.6 is 0 Å². The van der Waals surface area contributed by atoms with Crippen LogP contribution in [0.3, 0.4) is 0 Å². The topological polar surface area (TPSA) is 113 Å². The monoisotopic (exact) mass is 444 g/mol. The minimum absolute atomic E-state index is 0.0189. The fourth-order valence-corrected chi connectivity index (χ4v) is 5.91. The largest absolute Gasteiger partial charge is 0.480 e. The SMILES string of the molecule is O=C(N[C@@H](CS(=O)(=O)N1CCCC1)C(=O)O)OCC1c2ccccc2-c2ccccc21. The summed E-state index contributed by atoms with van der Waals surface area (Å²) in [4.78, 5) is 23.9. The molecule has 9 heteroatoms. The number of carbonyl (C=O) groups is 2. The summed E-state index contributed by atoms with van der Waals surface area (Å²) in [5, 5.41) is 11.6. The van der Waals surface area contributed by atoms with Crippen molar-refractivity contribution in [3.8, 4) is 11.1 Å². The molecule has 0 radical (unpaired) electrons. The second-order valence-electron chi connectivity index (χ2n) is 7.75. The summed E-state index contributed by atoms with van der Waals surface area (Å²) < 4.78 is 31.5. The van der Waals surface area contributed by atoms with Crippen LogP contribution in [0.4, 0.5) is 4.79 Å². The number of rotatable bonds is 7. The van der Waals surface area contributed by atoms with Crippen LogP contribution in [0.2, 0.25) is 0 Å². The standard InChI is InChI=1S/C22H24N2O6S/c25-21(26)20(14-31(28,29)24-11-5-6-12-24)23-22(27)30-13-19-17-9-3-1-7-15(17)16-8-2-4-10-18(16)19/h1-4,7-10,19-20H,5-6,11-14H2,(H,23,27)(H,25,26)/t20-/m0/s1. The van der Waals surface area contributed by atoms with E-state index in [0.717, 1.165) is 35.1 Å². The highest BCUT2D eigenvalue weighted by molar-refractivity contribution is 7.89. The molecule has 1 heterocycles. The van der Waals surface area contributed by atoms with E-state index < -0.39 is 33.9 Å². The molecule has 1 amide bonds. The van der Waals surface area contributed by atoms with Crippen LogP contribution in [0, 0.1) is 0 Å². The summed E-state index contributed by atoms with van der Waals surface area (Å²) in [7, 11) is -3.78. The predicted molar refractivity (Wildman–Crippen MR) is 114 cm³/mol. The van der Waals surface area contributed by atoms with Crippen molar-refractivity contribution >= 4 is 22.1 Å². The minimum Gasteiger partial charge on any atom is -0.480 e. The summed E-state index contributed by atoms with van der Waals surface area (Å²) in [5.41, 5.74) is 4.21. The van der Waals surface area contributed by atoms with Gasteiger partial charge in [-0.2, -0.15) is 0 Å². The van der Waals surface area contributed by atoms with Crippen LogP contribution in [0.5, 0.6) is 0 Å². The lowest BCUT2D eigenvalue weighted by atomic mass is 9.98. The van der Waals surface area contributed by atoms with Crippen molar-refractivity contribution in [3.05, 3.63) is 59.7 Å². The third-order valence-electron chi connectivity index (χ3n) is 5.77. The number of alkyl carbamates (subject to hydrolysis) is 1. The molecular formula is C22H24N2O6S. The van der Waals surface area contributed by atoms with Gasteiger partial charge in [-0.05, 0) is 35.1 Å². The Hall–Kier alpha value is -2.91. The molecule has 2 N–H and O–H groups in total. The van der Waals surface area contributed by atoms with Crippen molar-refractivity contribution < 1.29 is 27.9 Å². The second-order valence-corrected chi connectivity index (χ2v) is 9.76. The molecule has 164 valence electrons. The third kappa shape index (κ3) is 4.42. The fourth-order valence-electron chi connectivity index (χ4n) is 4.24. The zero-order valence-electron chi connectivity index (χ0n) is 16.9. The average Bonchev–Trinajstić information content (AvgIpc) is 3.39. The summed E-state index contributed by atoms with van der Waals surface area (Å²) in [6.45, 7) is 0.768. The number of sulfonamides is 1. The lowest BCUT2D eigenvalue weighted by Crippen LogP contribution is -2.48. The number of aliphatic carboxylic acids is 1. The number of carboxylic acid groups (broad SMARTS) is 1. The Morgan fingerprint density at radius 1 is 1.03 bits per heavy atom. The van der Waals surface area contributed by atoms with E-state index >= 15 is 0 Å². The number of carbonyl (C=O) groups excluding carboxylic acids is 1. The first-order chi connectivity index (χ1) is 14.9. The van der Waals surface area contributed by atoms with Crippen molar-refractivity contribution in [2.24, 2.45) is 0 Å². The van der Waals surface area contributed by atoms with E-state index in [1.165, 1.54) is 4.31 Å². The number of amides is 1. The molecule has 2 aromatic rings. The molecule has 1 fully saturated rings. The van der Waals surface area contributed by atoms with E-state index in [1.807, 2.05) is 48.5 Å². The molecule has 8 nitrogen and oxygen atoms in total. The first-order valence-corrected chi connectivity index (χ1v) is 11.8. The number of benzene rings is 2. The molecule has 0 bridgehead atoms. The predicted octanol–water partition coefficient (Wildman–Crippen LogP) is 2.40. The molecular weight excluding hydrogens is 420 g/mol. The molecule has 0 aromatic heterocycles. The fraction of sp³-hybridized carbons (Fsp3) is 0.364. The van der Waals surface area contributed by atoms with Gasteiger partial charge in [-0.1, -0.05) is 48.5 Å². The quantitative estimate of drug-likeness (QED) is 0.678. The van der Waals surface area contributed by atoms with E-state index in [-0.39, 0.29) is 12.5 Å². The normalized spacial score (nSPS) is 17.0. The summed E-state index contributed by atoms with van der Waals surface area (Å²) in [6.07, 6.45) is 0.541. The smallest absolute Gasteiger partial charge is 0.407 e. The third-order valence-corrected chi connectivity index (χ3v) is 7.68. The Morgan fingerprint density at radius 3 is 2.13 bits per heavy atom. The minimum atomic E-state index is -3.78. The van der Waals surface area contributed by atoms with Crippen LogP contribution in [0.15, 0.2) is 48.5 Å². The lowest BCUT2D eigenvalue weighted by Gasteiger charge is -2.20. The van der Waals surface area contributed by atoms with Crippen molar-refractivity contribution in [2.75, 3.05) is 25.4 Å². The number of hydrogen-bond acceptors (Lipinski definition) is 5. The van der Waals surface area contributed by atoms with Crippen LogP contribution in [-0.2, 0) is 19.6 Å². The molecule has 0 spiro atoms. The average molecular weight is 445 g/mol. The molecule has 1 atom stereocenters. The van der Waals surface area contributed by atoms with Crippen molar-refractivity contribution in [3.63, 3.8) is 0 Å². The molecule has 0 unspecified atom stereocenters. The van der Waals surface area contributed by atoms with Crippen LogP contribution in [0.25, 0.3) is 11.1 Å². The number of nitrogens with zero attached hydrogens (tertiary/aromatic N) is 1. The van der Waals surface area contributed by atoms with Crippen LogP contribution in [-0.4, -0.2) is 61.4 Å². The molecule has 1 saturated heterocycles. The Labute approximate surface area is 180 Å². The van der Waals surface area contributed by atoms with Crippen molar-refractivity contribution in [1.29, 1.82) is 0 Å². The maximum absolute atomic E-state index is 12.4. The van der Waals surface area contributed by atoms with Gasteiger partial charge in [0.2, 0.25) is 10.0 Å². The summed E-state index contributed by atoms with van der Waals surface area (Å²) in [6, 6.07) is 14.1. The number of nitrogens with one attached hydrogen (secondary N) is 1. The van der Waals surface area contributed by atoms with E-state index in [9.17, 15) is 23.1 Å². The highest BCUT2D eigenvalue weighted by atomic mass is 32.2. The van der Waals surface area contributed by atoms with E-state index in [2.05, 4.69) is 5.32 Å². The molecule has 1 aliphatic carbocycles. The van der Waals surface area contributed by atoms with E-state index in [1.54, 1.807) is 0 Å². The molecule has 4 rings (SSSR count). The number of carboxylic acids is 1. The second kappa shape index (κ2) is 8.68. The van der Waals surface area contributed by atoms with Gasteiger partial charge in [0.25, 0.3) is 0 Å². The van der Waals surface area contributed by atoms with Gasteiger partial charge < -0.3 is 15.2 Å². The van der Waals surface area contributed by atoms with Crippen LogP contribution in [0.1, 0.15) is 29.9 Å². The highest BCUT2D eigenvalue weighted by Crippen LogP contribution is 2.44. The zero-order chi connectivity index (χ0) is 22.0. The van der Waals surface area contributed by atoms with Crippen LogP contribution < -0.4 is 5.32 Å². The summed E-state index contributed by atoms with van der Waals surface area (Å²) in [5.74, 6) is -2.29.